The fourth-order valence-electron chi connectivity index (χ4n) is 4.84. The maximum Gasteiger partial charge on any atom is 0.253 e. The standard InChI is InChI=1S/C26H32N4O5S2/c1-18-10-12-30(13-11-18)37(32,33)20-6-4-19(5-7-20)25(31)28-14-16-29(17-15-28)26-27-23-21(34-2)8-9-22(35-3)24(23)36-26/h4-9,18H,10-17H2,1-3H3. The van der Waals surface area contributed by atoms with Crippen LogP contribution >= 0.6 is 11.3 Å². The van der Waals surface area contributed by atoms with Crippen molar-refractivity contribution in [3.8, 4) is 11.5 Å². The number of hydrogen-bond acceptors (Lipinski definition) is 8. The summed E-state index contributed by atoms with van der Waals surface area (Å²) >= 11 is 1.55. The molecule has 9 nitrogen and oxygen atoms in total. The van der Waals surface area contributed by atoms with Crippen molar-refractivity contribution in [2.75, 3.05) is 58.4 Å². The highest BCUT2D eigenvalue weighted by atomic mass is 32.2. The molecule has 2 saturated heterocycles. The summed E-state index contributed by atoms with van der Waals surface area (Å²) in [6.07, 6.45) is 1.75. The van der Waals surface area contributed by atoms with Gasteiger partial charge in [-0.3, -0.25) is 4.79 Å². The zero-order chi connectivity index (χ0) is 26.2. The zero-order valence-corrected chi connectivity index (χ0v) is 23.0. The van der Waals surface area contributed by atoms with Crippen molar-refractivity contribution in [1.29, 1.82) is 0 Å². The number of piperidine rings is 1. The number of amides is 1. The largest absolute Gasteiger partial charge is 0.495 e. The maximum absolute atomic E-state index is 13.2. The number of thiazole rings is 1. The van der Waals surface area contributed by atoms with Gasteiger partial charge in [0, 0.05) is 44.8 Å². The number of ether oxygens (including phenoxy) is 2. The van der Waals surface area contributed by atoms with Gasteiger partial charge in [0.1, 0.15) is 21.7 Å². The van der Waals surface area contributed by atoms with Gasteiger partial charge in [-0.05, 0) is 55.2 Å². The SMILES string of the molecule is COc1ccc(OC)c2sc(N3CCN(C(=O)c4ccc(S(=O)(=O)N5CCC(C)CC5)cc4)CC3)nc12. The van der Waals surface area contributed by atoms with E-state index in [1.807, 2.05) is 12.1 Å². The quantitative estimate of drug-likeness (QED) is 0.467. The summed E-state index contributed by atoms with van der Waals surface area (Å²) in [5, 5.41) is 0.867. The monoisotopic (exact) mass is 544 g/mol. The second kappa shape index (κ2) is 10.5. The minimum atomic E-state index is -3.53. The molecule has 2 aliphatic rings. The molecule has 0 aliphatic carbocycles. The number of carbonyl (C=O) groups is 1. The second-order valence-electron chi connectivity index (χ2n) is 9.53. The molecule has 1 amide bonds. The Balaban J connectivity index is 1.24. The van der Waals surface area contributed by atoms with E-state index in [1.165, 1.54) is 0 Å². The lowest BCUT2D eigenvalue weighted by atomic mass is 10.0. The fraction of sp³-hybridized carbons (Fsp3) is 0.462. The molecule has 198 valence electrons. The number of nitrogens with zero attached hydrogens (tertiary/aromatic N) is 4. The Bertz CT molecular complexity index is 1330. The van der Waals surface area contributed by atoms with E-state index in [0.29, 0.717) is 56.5 Å². The molecule has 2 fully saturated rings. The minimum absolute atomic E-state index is 0.0944. The van der Waals surface area contributed by atoms with Crippen LogP contribution in [0.15, 0.2) is 41.3 Å². The first kappa shape index (κ1) is 25.7. The van der Waals surface area contributed by atoms with Crippen LogP contribution in [-0.4, -0.2) is 82.0 Å². The third-order valence-corrected chi connectivity index (χ3v) is 10.3. The van der Waals surface area contributed by atoms with E-state index in [-0.39, 0.29) is 10.8 Å². The first-order valence-electron chi connectivity index (χ1n) is 12.5. The summed E-state index contributed by atoms with van der Waals surface area (Å²) in [5.41, 5.74) is 1.27. The molecule has 0 N–H and O–H groups in total. The van der Waals surface area contributed by atoms with Gasteiger partial charge in [0.25, 0.3) is 5.91 Å². The van der Waals surface area contributed by atoms with Gasteiger partial charge < -0.3 is 19.3 Å². The average Bonchev–Trinajstić information content (AvgIpc) is 3.38. The van der Waals surface area contributed by atoms with Crippen LogP contribution in [0.3, 0.4) is 0 Å². The number of aromatic nitrogens is 1. The lowest BCUT2D eigenvalue weighted by Crippen LogP contribution is -2.48. The number of hydrogen-bond donors (Lipinski definition) is 0. The van der Waals surface area contributed by atoms with Crippen LogP contribution in [0.1, 0.15) is 30.1 Å². The summed E-state index contributed by atoms with van der Waals surface area (Å²) in [6.45, 7) is 5.64. The molecule has 11 heteroatoms. The van der Waals surface area contributed by atoms with Gasteiger partial charge in [-0.1, -0.05) is 18.3 Å². The van der Waals surface area contributed by atoms with E-state index in [9.17, 15) is 13.2 Å². The highest BCUT2D eigenvalue weighted by Gasteiger charge is 2.29. The predicted octanol–water partition coefficient (Wildman–Crippen LogP) is 3.70. The minimum Gasteiger partial charge on any atom is -0.495 e. The second-order valence-corrected chi connectivity index (χ2v) is 12.4. The lowest BCUT2D eigenvalue weighted by Gasteiger charge is -2.34. The third-order valence-electron chi connectivity index (χ3n) is 7.22. The Morgan fingerprint density at radius 1 is 0.919 bits per heavy atom. The highest BCUT2D eigenvalue weighted by Crippen LogP contribution is 2.40. The zero-order valence-electron chi connectivity index (χ0n) is 21.3. The normalized spacial score (nSPS) is 17.8. The van der Waals surface area contributed by atoms with Gasteiger partial charge in [-0.25, -0.2) is 13.4 Å². The van der Waals surface area contributed by atoms with Crippen LogP contribution < -0.4 is 14.4 Å². The van der Waals surface area contributed by atoms with Gasteiger partial charge in [0.05, 0.1) is 19.1 Å². The van der Waals surface area contributed by atoms with E-state index < -0.39 is 10.0 Å². The molecule has 0 saturated carbocycles. The highest BCUT2D eigenvalue weighted by molar-refractivity contribution is 7.89. The van der Waals surface area contributed by atoms with Crippen molar-refractivity contribution in [1.82, 2.24) is 14.2 Å². The summed E-state index contributed by atoms with van der Waals surface area (Å²) in [7, 11) is -0.268. The Hall–Kier alpha value is -2.89. The van der Waals surface area contributed by atoms with Gasteiger partial charge in [0.2, 0.25) is 10.0 Å². The van der Waals surface area contributed by atoms with Gasteiger partial charge in [0.15, 0.2) is 5.13 Å². The molecule has 3 heterocycles. The topological polar surface area (TPSA) is 92.3 Å². The van der Waals surface area contributed by atoms with Gasteiger partial charge >= 0.3 is 0 Å². The summed E-state index contributed by atoms with van der Waals surface area (Å²) in [4.78, 5) is 22.2. The van der Waals surface area contributed by atoms with Crippen LogP contribution in [0.4, 0.5) is 5.13 Å². The van der Waals surface area contributed by atoms with E-state index in [4.69, 9.17) is 14.5 Å². The number of fused-ring (bicyclic) bond motifs is 1. The molecule has 0 bridgehead atoms. The van der Waals surface area contributed by atoms with Crippen molar-refractivity contribution < 1.29 is 22.7 Å². The molecule has 0 unspecified atom stereocenters. The van der Waals surface area contributed by atoms with Gasteiger partial charge in [-0.15, -0.1) is 0 Å². The third kappa shape index (κ3) is 4.99. The van der Waals surface area contributed by atoms with Crippen LogP contribution in [-0.2, 0) is 10.0 Å². The molecule has 0 spiro atoms. The summed E-state index contributed by atoms with van der Waals surface area (Å²) in [6, 6.07) is 10.1. The molecule has 1 aromatic heterocycles. The smallest absolute Gasteiger partial charge is 0.253 e. The molecule has 5 rings (SSSR count). The molecule has 3 aromatic rings. The Morgan fingerprint density at radius 2 is 1.54 bits per heavy atom. The van der Waals surface area contributed by atoms with E-state index in [2.05, 4.69) is 11.8 Å². The number of methoxy groups -OCH3 is 2. The number of carbonyl (C=O) groups excluding carboxylic acids is 1. The Morgan fingerprint density at radius 3 is 2.16 bits per heavy atom. The van der Waals surface area contributed by atoms with Crippen LogP contribution in [0.5, 0.6) is 11.5 Å². The molecule has 2 aliphatic heterocycles. The van der Waals surface area contributed by atoms with Crippen molar-refractivity contribution >= 4 is 42.6 Å². The van der Waals surface area contributed by atoms with Gasteiger partial charge in [-0.2, -0.15) is 4.31 Å². The average molecular weight is 545 g/mol. The van der Waals surface area contributed by atoms with E-state index in [1.54, 1.807) is 59.0 Å². The lowest BCUT2D eigenvalue weighted by molar-refractivity contribution is 0.0746. The predicted molar refractivity (Wildman–Crippen MR) is 144 cm³/mol. The maximum atomic E-state index is 13.2. The molecule has 0 atom stereocenters. The first-order chi connectivity index (χ1) is 17.8. The summed E-state index contributed by atoms with van der Waals surface area (Å²) in [5.74, 6) is 1.91. The van der Waals surface area contributed by atoms with Crippen molar-refractivity contribution in [2.45, 2.75) is 24.7 Å². The summed E-state index contributed by atoms with van der Waals surface area (Å²) < 4.78 is 39.4. The Labute approximate surface area is 221 Å². The van der Waals surface area contributed by atoms with Crippen molar-refractivity contribution in [3.05, 3.63) is 42.0 Å². The molecular weight excluding hydrogens is 512 g/mol. The number of rotatable bonds is 6. The fourth-order valence-corrected chi connectivity index (χ4v) is 7.43. The number of piperazine rings is 1. The molecule has 2 aromatic carbocycles. The molecule has 0 radical (unpaired) electrons. The number of benzene rings is 2. The van der Waals surface area contributed by atoms with Crippen LogP contribution in [0.2, 0.25) is 0 Å². The van der Waals surface area contributed by atoms with E-state index >= 15 is 0 Å². The number of anilines is 1. The van der Waals surface area contributed by atoms with Crippen molar-refractivity contribution in [2.24, 2.45) is 5.92 Å². The van der Waals surface area contributed by atoms with Crippen molar-refractivity contribution in [3.63, 3.8) is 0 Å². The van der Waals surface area contributed by atoms with E-state index in [0.717, 1.165) is 33.9 Å². The molecular formula is C26H32N4O5S2. The van der Waals surface area contributed by atoms with Crippen LogP contribution in [0.25, 0.3) is 10.2 Å². The first-order valence-corrected chi connectivity index (χ1v) is 14.7. The Kier molecular flexibility index (Phi) is 7.28. The van der Waals surface area contributed by atoms with Crippen LogP contribution in [0, 0.1) is 5.92 Å². The molecule has 37 heavy (non-hydrogen) atoms. The number of sulfonamides is 1.